The maximum Gasteiger partial charge on any atom is 0.490 e. The summed E-state index contributed by atoms with van der Waals surface area (Å²) in [7, 11) is 2.15. The number of pyridine rings is 1. The first-order chi connectivity index (χ1) is 21.5. The molecule has 2 aliphatic heterocycles. The Labute approximate surface area is 258 Å². The summed E-state index contributed by atoms with van der Waals surface area (Å²) in [6.45, 7) is 4.24. The van der Waals surface area contributed by atoms with E-state index in [1.54, 1.807) is 6.07 Å². The lowest BCUT2D eigenvalue weighted by molar-refractivity contribution is -0.193. The topological polar surface area (TPSA) is 142 Å². The average Bonchev–Trinajstić information content (AvgIpc) is 3.01. The van der Waals surface area contributed by atoms with Gasteiger partial charge in [0.05, 0.1) is 0 Å². The number of aliphatic carboxylic acids is 2. The molecule has 3 aromatic rings. The first-order valence-corrected chi connectivity index (χ1v) is 13.3. The summed E-state index contributed by atoms with van der Waals surface area (Å²) >= 11 is 0. The van der Waals surface area contributed by atoms with Crippen LogP contribution in [0.25, 0.3) is 11.1 Å². The Morgan fingerprint density at radius 3 is 1.91 bits per heavy atom. The largest absolute Gasteiger partial charge is 0.490 e. The van der Waals surface area contributed by atoms with Crippen LogP contribution in [-0.4, -0.2) is 96.2 Å². The monoisotopic (exact) mass is 658 g/mol. The number of anilines is 2. The number of carboxylic acids is 2. The molecule has 46 heavy (non-hydrogen) atoms. The van der Waals surface area contributed by atoms with E-state index in [9.17, 15) is 31.1 Å². The maximum atomic E-state index is 12.6. The number of likely N-dealkylation sites (N-methyl/N-ethyl adjacent to an activating group) is 1. The molecule has 1 aromatic heterocycles. The minimum absolute atomic E-state index is 0.188. The summed E-state index contributed by atoms with van der Waals surface area (Å²) < 4.78 is 74.9. The molecular weight excluding hydrogens is 630 g/mol. The number of carbonyl (C=O) groups excluding carboxylic acids is 1. The predicted octanol–water partition coefficient (Wildman–Crippen LogP) is 4.55. The number of ether oxygens (including phenoxy) is 2. The second-order valence-corrected chi connectivity index (χ2v) is 9.73. The van der Waals surface area contributed by atoms with Crippen molar-refractivity contribution in [1.82, 2.24) is 9.88 Å². The van der Waals surface area contributed by atoms with Crippen LogP contribution in [0.3, 0.4) is 0 Å². The minimum atomic E-state index is -5.08. The molecule has 11 nitrogen and oxygen atoms in total. The van der Waals surface area contributed by atoms with Crippen molar-refractivity contribution in [3.63, 3.8) is 0 Å². The van der Waals surface area contributed by atoms with Crippen molar-refractivity contribution >= 4 is 29.4 Å². The zero-order valence-electron chi connectivity index (χ0n) is 24.0. The molecule has 0 spiro atoms. The SMILES string of the molecule is CN1CCN(c2cc(-c3ccc(NC(=O)[C@H]4COc5ccccc5O4)cc3)ccn2)CC1.O=C(O)C(F)(F)F.O=C(O)C(F)(F)F. The van der Waals surface area contributed by atoms with Crippen LogP contribution in [-0.2, 0) is 14.4 Å². The number of carbonyl (C=O) groups is 3. The highest BCUT2D eigenvalue weighted by Crippen LogP contribution is 2.31. The highest BCUT2D eigenvalue weighted by atomic mass is 19.4. The van der Waals surface area contributed by atoms with E-state index in [1.807, 2.05) is 54.7 Å². The lowest BCUT2D eigenvalue weighted by atomic mass is 10.1. The van der Waals surface area contributed by atoms with E-state index in [0.717, 1.165) is 48.8 Å². The molecule has 17 heteroatoms. The van der Waals surface area contributed by atoms with E-state index in [0.29, 0.717) is 11.5 Å². The van der Waals surface area contributed by atoms with Gasteiger partial charge in [-0.3, -0.25) is 4.79 Å². The van der Waals surface area contributed by atoms with Crippen LogP contribution in [0.1, 0.15) is 0 Å². The van der Waals surface area contributed by atoms with Crippen LogP contribution in [0.5, 0.6) is 11.5 Å². The molecule has 1 atom stereocenters. The molecule has 3 N–H and O–H groups in total. The van der Waals surface area contributed by atoms with E-state index < -0.39 is 30.4 Å². The van der Waals surface area contributed by atoms with Gasteiger partial charge in [-0.1, -0.05) is 24.3 Å². The number of fused-ring (bicyclic) bond motifs is 1. The number of alkyl halides is 6. The summed E-state index contributed by atoms with van der Waals surface area (Å²) in [5, 5.41) is 17.2. The van der Waals surface area contributed by atoms with Crippen LogP contribution >= 0.6 is 0 Å². The zero-order chi connectivity index (χ0) is 34.1. The summed E-state index contributed by atoms with van der Waals surface area (Å²) in [6, 6.07) is 19.3. The number of piperazine rings is 1. The molecule has 1 fully saturated rings. The standard InChI is InChI=1S/C25H26N4O3.2C2HF3O2/c1-28-12-14-29(15-13-28)24-16-19(10-11-26-24)18-6-8-20(9-7-18)27-25(30)23-17-31-21-4-2-3-5-22(21)32-23;2*3-2(4,5)1(6)7/h2-11,16,23H,12-15,17H2,1H3,(H,27,30);2*(H,6,7)/t23-;;/m1../s1. The third-order valence-corrected chi connectivity index (χ3v) is 6.34. The van der Waals surface area contributed by atoms with Gasteiger partial charge in [0.2, 0.25) is 6.10 Å². The fraction of sp³-hybridized carbons (Fsp3) is 0.310. The van der Waals surface area contributed by atoms with Gasteiger partial charge in [0, 0.05) is 38.1 Å². The summed E-state index contributed by atoms with van der Waals surface area (Å²) in [5.41, 5.74) is 2.90. The van der Waals surface area contributed by atoms with Gasteiger partial charge in [-0.2, -0.15) is 26.3 Å². The van der Waals surface area contributed by atoms with Gasteiger partial charge in [0.25, 0.3) is 5.91 Å². The molecule has 5 rings (SSSR count). The van der Waals surface area contributed by atoms with Crippen molar-refractivity contribution in [1.29, 1.82) is 0 Å². The Morgan fingerprint density at radius 2 is 1.37 bits per heavy atom. The number of para-hydroxylation sites is 2. The van der Waals surface area contributed by atoms with Gasteiger partial charge in [0.15, 0.2) is 11.5 Å². The molecule has 1 amide bonds. The Bertz CT molecular complexity index is 1470. The Kier molecular flexibility index (Phi) is 11.8. The molecule has 0 radical (unpaired) electrons. The molecule has 2 aliphatic rings. The van der Waals surface area contributed by atoms with Crippen LogP contribution in [0.2, 0.25) is 0 Å². The first-order valence-electron chi connectivity index (χ1n) is 13.3. The van der Waals surface area contributed by atoms with Gasteiger partial charge < -0.3 is 34.8 Å². The predicted molar refractivity (Wildman–Crippen MR) is 152 cm³/mol. The molecule has 3 heterocycles. The van der Waals surface area contributed by atoms with E-state index in [1.165, 1.54) is 0 Å². The van der Waals surface area contributed by atoms with Crippen LogP contribution in [0.4, 0.5) is 37.8 Å². The van der Waals surface area contributed by atoms with Gasteiger partial charge in [-0.15, -0.1) is 0 Å². The number of aromatic nitrogens is 1. The zero-order valence-corrected chi connectivity index (χ0v) is 24.0. The van der Waals surface area contributed by atoms with Crippen molar-refractivity contribution in [3.05, 3.63) is 66.9 Å². The number of benzene rings is 2. The first kappa shape index (κ1) is 35.4. The Morgan fingerprint density at radius 1 is 0.826 bits per heavy atom. The van der Waals surface area contributed by atoms with Gasteiger partial charge in [0.1, 0.15) is 12.4 Å². The number of carboxylic acid groups (broad SMARTS) is 2. The third-order valence-electron chi connectivity index (χ3n) is 6.34. The van der Waals surface area contributed by atoms with Crippen molar-refractivity contribution in [2.24, 2.45) is 0 Å². The number of hydrogen-bond acceptors (Lipinski definition) is 8. The highest BCUT2D eigenvalue weighted by Gasteiger charge is 2.39. The molecule has 0 unspecified atom stereocenters. The van der Waals surface area contributed by atoms with Crippen molar-refractivity contribution < 1.29 is 60.4 Å². The lowest BCUT2D eigenvalue weighted by Gasteiger charge is -2.33. The van der Waals surface area contributed by atoms with Crippen molar-refractivity contribution in [3.8, 4) is 22.6 Å². The molecular formula is C29H28F6N4O7. The van der Waals surface area contributed by atoms with E-state index in [-0.39, 0.29) is 12.5 Å². The summed E-state index contributed by atoms with van der Waals surface area (Å²) in [6.07, 6.45) is -8.99. The molecule has 0 saturated carbocycles. The van der Waals surface area contributed by atoms with Crippen molar-refractivity contribution in [2.45, 2.75) is 18.5 Å². The summed E-state index contributed by atoms with van der Waals surface area (Å²) in [4.78, 5) is 39.6. The number of halogens is 6. The normalized spacial score (nSPS) is 16.2. The molecule has 0 bridgehead atoms. The molecule has 1 saturated heterocycles. The van der Waals surface area contributed by atoms with Gasteiger partial charge in [-0.25, -0.2) is 14.6 Å². The van der Waals surface area contributed by atoms with E-state index in [2.05, 4.69) is 33.2 Å². The molecule has 0 aliphatic carbocycles. The Hall–Kier alpha value is -5.06. The maximum absolute atomic E-state index is 12.6. The second-order valence-electron chi connectivity index (χ2n) is 9.73. The molecule has 2 aromatic carbocycles. The van der Waals surface area contributed by atoms with Crippen LogP contribution in [0, 0.1) is 0 Å². The van der Waals surface area contributed by atoms with Crippen LogP contribution in [0.15, 0.2) is 66.9 Å². The molecule has 248 valence electrons. The quantitative estimate of drug-likeness (QED) is 0.342. The van der Waals surface area contributed by atoms with E-state index in [4.69, 9.17) is 29.3 Å². The average molecular weight is 659 g/mol. The van der Waals surface area contributed by atoms with Gasteiger partial charge in [-0.05, 0) is 54.6 Å². The fourth-order valence-electron chi connectivity index (χ4n) is 3.92. The Balaban J connectivity index is 0.000000345. The number of hydrogen-bond donors (Lipinski definition) is 3. The number of amides is 1. The second kappa shape index (κ2) is 15.3. The van der Waals surface area contributed by atoms with Crippen LogP contribution < -0.4 is 19.7 Å². The number of nitrogens with zero attached hydrogens (tertiary/aromatic N) is 3. The summed E-state index contributed by atoms with van der Waals surface area (Å²) in [5.74, 6) is -3.49. The smallest absolute Gasteiger partial charge is 0.485 e. The third kappa shape index (κ3) is 10.5. The van der Waals surface area contributed by atoms with Gasteiger partial charge >= 0.3 is 24.3 Å². The fourth-order valence-corrected chi connectivity index (χ4v) is 3.92. The number of nitrogens with one attached hydrogen (secondary N) is 1. The number of rotatable bonds is 4. The van der Waals surface area contributed by atoms with Crippen molar-refractivity contribution in [2.75, 3.05) is 50.1 Å². The minimum Gasteiger partial charge on any atom is -0.485 e. The highest BCUT2D eigenvalue weighted by molar-refractivity contribution is 5.95. The van der Waals surface area contributed by atoms with E-state index >= 15 is 0 Å². The lowest BCUT2D eigenvalue weighted by Crippen LogP contribution is -2.44.